The normalized spacial score (nSPS) is 49.6. The van der Waals surface area contributed by atoms with Crippen molar-refractivity contribution >= 4 is 0 Å². The first kappa shape index (κ1) is 22.8. The lowest BCUT2D eigenvalue weighted by molar-refractivity contribution is -0.105. The van der Waals surface area contributed by atoms with Gasteiger partial charge in [0.1, 0.15) is 0 Å². The predicted octanol–water partition coefficient (Wildman–Crippen LogP) is 5.47. The Morgan fingerprint density at radius 3 is 2.43 bits per heavy atom. The van der Waals surface area contributed by atoms with Crippen LogP contribution in [0.15, 0.2) is 11.6 Å². The van der Waals surface area contributed by atoms with Gasteiger partial charge in [0.2, 0.25) is 0 Å². The number of rotatable bonds is 4. The summed E-state index contributed by atoms with van der Waals surface area (Å²) in [7, 11) is 0. The Kier molecular flexibility index (Phi) is 5.56. The first-order valence-electron chi connectivity index (χ1n) is 12.6. The number of aliphatic hydroxyl groups excluding tert-OH is 1. The highest BCUT2D eigenvalue weighted by Crippen LogP contribution is 2.67. The highest BCUT2D eigenvalue weighted by Gasteiger charge is 2.61. The predicted molar refractivity (Wildman–Crippen MR) is 122 cm³/mol. The van der Waals surface area contributed by atoms with Gasteiger partial charge in [-0.15, -0.1) is 0 Å². The summed E-state index contributed by atoms with van der Waals surface area (Å²) >= 11 is 0. The molecule has 4 aliphatic carbocycles. The Labute approximate surface area is 184 Å². The Hall–Kier alpha value is -0.380. The molecule has 0 aromatic carbocycles. The number of hydrogen-bond donors (Lipinski definition) is 3. The zero-order chi connectivity index (χ0) is 22.1. The van der Waals surface area contributed by atoms with Crippen LogP contribution in [-0.2, 0) is 0 Å². The average Bonchev–Trinajstić information content (AvgIpc) is 2.97. The summed E-state index contributed by atoms with van der Waals surface area (Å²) in [6, 6.07) is 0. The second kappa shape index (κ2) is 7.32. The summed E-state index contributed by atoms with van der Waals surface area (Å²) in [4.78, 5) is 0. The van der Waals surface area contributed by atoms with Crippen molar-refractivity contribution in [2.75, 3.05) is 0 Å². The van der Waals surface area contributed by atoms with Gasteiger partial charge >= 0.3 is 0 Å². The Morgan fingerprint density at radius 2 is 1.77 bits per heavy atom. The summed E-state index contributed by atoms with van der Waals surface area (Å²) in [6.45, 7) is 13.2. The minimum atomic E-state index is -0.616. The van der Waals surface area contributed by atoms with Gasteiger partial charge in [0, 0.05) is 0 Å². The van der Waals surface area contributed by atoms with Crippen LogP contribution in [0.2, 0.25) is 0 Å². The first-order chi connectivity index (χ1) is 13.8. The van der Waals surface area contributed by atoms with Crippen molar-refractivity contribution in [1.29, 1.82) is 0 Å². The smallest absolute Gasteiger partial charge is 0.0757 e. The zero-order valence-electron chi connectivity index (χ0n) is 20.2. The highest BCUT2D eigenvalue weighted by atomic mass is 16.3. The van der Waals surface area contributed by atoms with Crippen LogP contribution >= 0.6 is 0 Å². The van der Waals surface area contributed by atoms with Crippen LogP contribution in [0.1, 0.15) is 99.3 Å². The molecule has 3 fully saturated rings. The Balaban J connectivity index is 1.57. The Morgan fingerprint density at radius 1 is 1.07 bits per heavy atom. The largest absolute Gasteiger partial charge is 0.390 e. The molecule has 0 aliphatic heterocycles. The molecule has 0 saturated heterocycles. The topological polar surface area (TPSA) is 60.7 Å². The van der Waals surface area contributed by atoms with Crippen molar-refractivity contribution in [2.45, 2.75) is 117 Å². The van der Waals surface area contributed by atoms with Gasteiger partial charge in [-0.25, -0.2) is 0 Å². The summed E-state index contributed by atoms with van der Waals surface area (Å²) in [5, 5.41) is 32.2. The molecule has 3 heteroatoms. The van der Waals surface area contributed by atoms with E-state index in [4.69, 9.17) is 0 Å². The highest BCUT2D eigenvalue weighted by molar-refractivity contribution is 5.29. The lowest BCUT2D eigenvalue weighted by Crippen LogP contribution is -2.55. The van der Waals surface area contributed by atoms with E-state index in [1.807, 2.05) is 20.8 Å². The quantitative estimate of drug-likeness (QED) is 0.530. The molecule has 0 bridgehead atoms. The van der Waals surface area contributed by atoms with Gasteiger partial charge < -0.3 is 15.3 Å². The molecule has 3 N–H and O–H groups in total. The van der Waals surface area contributed by atoms with Gasteiger partial charge in [-0.3, -0.25) is 0 Å². The molecule has 3 nitrogen and oxygen atoms in total. The van der Waals surface area contributed by atoms with E-state index in [2.05, 4.69) is 26.8 Å². The van der Waals surface area contributed by atoms with E-state index in [0.29, 0.717) is 35.0 Å². The molecular weight excluding hydrogens is 372 g/mol. The third kappa shape index (κ3) is 3.71. The van der Waals surface area contributed by atoms with Gasteiger partial charge in [0.15, 0.2) is 0 Å². The van der Waals surface area contributed by atoms with Crippen LogP contribution in [-0.4, -0.2) is 32.6 Å². The summed E-state index contributed by atoms with van der Waals surface area (Å²) in [5.41, 5.74) is 0.586. The van der Waals surface area contributed by atoms with Crippen LogP contribution in [0.25, 0.3) is 0 Å². The molecule has 4 aliphatic rings. The fourth-order valence-electron chi connectivity index (χ4n) is 8.55. The fraction of sp³-hybridized carbons (Fsp3) is 0.926. The zero-order valence-corrected chi connectivity index (χ0v) is 20.2. The van der Waals surface area contributed by atoms with E-state index in [0.717, 1.165) is 32.1 Å². The fourth-order valence-corrected chi connectivity index (χ4v) is 8.55. The molecule has 0 heterocycles. The number of hydrogen-bond acceptors (Lipinski definition) is 3. The molecular formula is C27H46O3. The van der Waals surface area contributed by atoms with Gasteiger partial charge in [0.25, 0.3) is 0 Å². The van der Waals surface area contributed by atoms with Crippen molar-refractivity contribution in [3.8, 4) is 0 Å². The van der Waals surface area contributed by atoms with Crippen LogP contribution in [0.3, 0.4) is 0 Å². The first-order valence-corrected chi connectivity index (χ1v) is 12.6. The second-order valence-corrected chi connectivity index (χ2v) is 13.1. The van der Waals surface area contributed by atoms with E-state index >= 15 is 0 Å². The number of aliphatic hydroxyl groups is 3. The van der Waals surface area contributed by atoms with Crippen LogP contribution in [0.5, 0.6) is 0 Å². The molecule has 9 atom stereocenters. The maximum absolute atomic E-state index is 11.3. The molecule has 172 valence electrons. The molecule has 0 amide bonds. The number of fused-ring (bicyclic) bond motifs is 5. The maximum atomic E-state index is 11.3. The van der Waals surface area contributed by atoms with Crippen molar-refractivity contribution in [1.82, 2.24) is 0 Å². The maximum Gasteiger partial charge on any atom is 0.0757 e. The minimum Gasteiger partial charge on any atom is -0.390 e. The SMILES string of the molecule is C[C@H](CCC(C)(C)O)[C@H]1CCC2[C@H]3C(CC[C@@]21C)[C@@]1(C)CC[C@](C)(O)CC1=C[C@@H]3O. The molecule has 0 aromatic heterocycles. The van der Waals surface area contributed by atoms with Gasteiger partial charge in [0.05, 0.1) is 17.3 Å². The molecule has 0 aromatic rings. The summed E-state index contributed by atoms with van der Waals surface area (Å²) < 4.78 is 0. The minimum absolute atomic E-state index is 0.151. The lowest BCUT2D eigenvalue weighted by Gasteiger charge is -2.60. The van der Waals surface area contributed by atoms with E-state index in [1.54, 1.807) is 0 Å². The monoisotopic (exact) mass is 418 g/mol. The van der Waals surface area contributed by atoms with Crippen LogP contribution in [0.4, 0.5) is 0 Å². The molecule has 30 heavy (non-hydrogen) atoms. The van der Waals surface area contributed by atoms with Crippen LogP contribution in [0, 0.1) is 40.4 Å². The average molecular weight is 419 g/mol. The third-order valence-electron chi connectivity index (χ3n) is 10.4. The summed E-state index contributed by atoms with van der Waals surface area (Å²) in [6.07, 6.45) is 11.4. The molecule has 3 saturated carbocycles. The van der Waals surface area contributed by atoms with Crippen molar-refractivity contribution in [3.05, 3.63) is 11.6 Å². The molecule has 0 spiro atoms. The van der Waals surface area contributed by atoms with Gasteiger partial charge in [-0.05, 0) is 119 Å². The molecule has 2 unspecified atom stereocenters. The van der Waals surface area contributed by atoms with Gasteiger partial charge in [-0.2, -0.15) is 0 Å². The van der Waals surface area contributed by atoms with Crippen molar-refractivity contribution in [3.63, 3.8) is 0 Å². The van der Waals surface area contributed by atoms with Crippen LogP contribution < -0.4 is 0 Å². The molecule has 0 radical (unpaired) electrons. The van der Waals surface area contributed by atoms with E-state index in [9.17, 15) is 15.3 Å². The van der Waals surface area contributed by atoms with E-state index < -0.39 is 11.2 Å². The van der Waals surface area contributed by atoms with Crippen molar-refractivity contribution in [2.24, 2.45) is 40.4 Å². The van der Waals surface area contributed by atoms with Crippen molar-refractivity contribution < 1.29 is 15.3 Å². The second-order valence-electron chi connectivity index (χ2n) is 13.1. The third-order valence-corrected chi connectivity index (χ3v) is 10.4. The summed E-state index contributed by atoms with van der Waals surface area (Å²) in [5.74, 6) is 2.83. The van der Waals surface area contributed by atoms with E-state index in [1.165, 1.54) is 31.3 Å². The Bertz CT molecular complexity index is 689. The van der Waals surface area contributed by atoms with Gasteiger partial charge in [-0.1, -0.05) is 32.4 Å². The molecule has 4 rings (SSSR count). The lowest BCUT2D eigenvalue weighted by atomic mass is 9.45. The van der Waals surface area contributed by atoms with E-state index in [-0.39, 0.29) is 11.5 Å². The standard InChI is InChI=1S/C27H46O3/c1-17(9-11-24(2,3)29)19-7-8-20-23-21(10-12-27(19,20)6)26(5)14-13-25(4,30)16-18(26)15-22(23)28/h15,17,19-23,28-30H,7-14,16H2,1-6H3/t17-,19-,20?,21?,22+,23+,25+,26+,27-/m1/s1.